The van der Waals surface area contributed by atoms with Crippen LogP contribution in [0, 0.1) is 13.8 Å². The van der Waals surface area contributed by atoms with Gasteiger partial charge in [-0.15, -0.1) is 0 Å². The standard InChI is InChI=1S/C32H41N3O5S/c1-8-28(31(37)33-32(4,5)6)34(21-25-16-18-26(40-7)19-17-25)30(36)22-35(29-20-23(2)14-15-24(29)3)41(38,39)27-12-10-9-11-13-27/h9-20,28H,8,21-22H2,1-7H3,(H,33,37)/t28-/m1/s1. The number of amides is 2. The molecule has 8 nitrogen and oxygen atoms in total. The molecule has 0 unspecified atom stereocenters. The van der Waals surface area contributed by atoms with Crippen LogP contribution in [-0.4, -0.2) is 50.4 Å². The third-order valence-electron chi connectivity index (χ3n) is 6.64. The number of nitrogens with zero attached hydrogens (tertiary/aromatic N) is 2. The number of carbonyl (C=O) groups is 2. The topological polar surface area (TPSA) is 96.0 Å². The number of rotatable bonds is 11. The summed E-state index contributed by atoms with van der Waals surface area (Å²) in [6.07, 6.45) is 0.346. The Morgan fingerprint density at radius 1 is 0.951 bits per heavy atom. The third kappa shape index (κ3) is 8.10. The van der Waals surface area contributed by atoms with Crippen molar-refractivity contribution in [3.8, 4) is 5.75 Å². The summed E-state index contributed by atoms with van der Waals surface area (Å²) < 4.78 is 34.4. The molecule has 9 heteroatoms. The summed E-state index contributed by atoms with van der Waals surface area (Å²) in [7, 11) is -2.54. The maximum atomic E-state index is 14.2. The second-order valence-corrected chi connectivity index (χ2v) is 13.0. The molecule has 0 bridgehead atoms. The van der Waals surface area contributed by atoms with E-state index in [0.29, 0.717) is 23.4 Å². The Morgan fingerprint density at radius 2 is 1.59 bits per heavy atom. The van der Waals surface area contributed by atoms with Gasteiger partial charge in [0.25, 0.3) is 10.0 Å². The number of methoxy groups -OCH3 is 1. The fraction of sp³-hybridized carbons (Fsp3) is 0.375. The van der Waals surface area contributed by atoms with Gasteiger partial charge in [0.15, 0.2) is 0 Å². The van der Waals surface area contributed by atoms with Gasteiger partial charge in [-0.2, -0.15) is 0 Å². The number of carbonyl (C=O) groups excluding carboxylic acids is 2. The number of hydrogen-bond acceptors (Lipinski definition) is 5. The van der Waals surface area contributed by atoms with Crippen molar-refractivity contribution < 1.29 is 22.7 Å². The Labute approximate surface area is 244 Å². The zero-order valence-corrected chi connectivity index (χ0v) is 25.8. The largest absolute Gasteiger partial charge is 0.497 e. The van der Waals surface area contributed by atoms with Crippen molar-refractivity contribution in [1.29, 1.82) is 0 Å². The van der Waals surface area contributed by atoms with Crippen LogP contribution in [0.4, 0.5) is 5.69 Å². The van der Waals surface area contributed by atoms with Gasteiger partial charge in [0.1, 0.15) is 18.3 Å². The van der Waals surface area contributed by atoms with Gasteiger partial charge in [-0.3, -0.25) is 13.9 Å². The quantitative estimate of drug-likeness (QED) is 0.336. The summed E-state index contributed by atoms with van der Waals surface area (Å²) in [5.41, 5.74) is 2.25. The third-order valence-corrected chi connectivity index (χ3v) is 8.41. The van der Waals surface area contributed by atoms with Gasteiger partial charge in [-0.05, 0) is 88.1 Å². The summed E-state index contributed by atoms with van der Waals surface area (Å²) in [6, 6.07) is 20.0. The van der Waals surface area contributed by atoms with Crippen molar-refractivity contribution in [2.75, 3.05) is 18.0 Å². The van der Waals surface area contributed by atoms with Crippen LogP contribution in [-0.2, 0) is 26.2 Å². The Balaban J connectivity index is 2.10. The van der Waals surface area contributed by atoms with Gasteiger partial charge < -0.3 is 15.0 Å². The average Bonchev–Trinajstić information content (AvgIpc) is 2.92. The number of nitrogens with one attached hydrogen (secondary N) is 1. The van der Waals surface area contributed by atoms with Crippen LogP contribution in [0.1, 0.15) is 50.8 Å². The van der Waals surface area contributed by atoms with Crippen LogP contribution in [0.3, 0.4) is 0 Å². The van der Waals surface area contributed by atoms with E-state index < -0.39 is 34.1 Å². The number of ether oxygens (including phenoxy) is 1. The molecule has 0 radical (unpaired) electrons. The molecule has 0 fully saturated rings. The highest BCUT2D eigenvalue weighted by Gasteiger charge is 2.35. The average molecular weight is 580 g/mol. The van der Waals surface area contributed by atoms with E-state index in [2.05, 4.69) is 5.32 Å². The first-order valence-electron chi connectivity index (χ1n) is 13.7. The van der Waals surface area contributed by atoms with Gasteiger partial charge in [0, 0.05) is 12.1 Å². The lowest BCUT2D eigenvalue weighted by Gasteiger charge is -2.35. The SMILES string of the molecule is CC[C@H](C(=O)NC(C)(C)C)N(Cc1ccc(OC)cc1)C(=O)CN(c1cc(C)ccc1C)S(=O)(=O)c1ccccc1. The molecule has 2 amide bonds. The molecular formula is C32H41N3O5S. The second kappa shape index (κ2) is 13.2. The van der Waals surface area contributed by atoms with Crippen molar-refractivity contribution in [3.05, 3.63) is 89.5 Å². The van der Waals surface area contributed by atoms with Gasteiger partial charge in [-0.25, -0.2) is 8.42 Å². The highest BCUT2D eigenvalue weighted by atomic mass is 32.2. The smallest absolute Gasteiger partial charge is 0.264 e. The molecule has 0 saturated carbocycles. The monoisotopic (exact) mass is 579 g/mol. The molecule has 1 N–H and O–H groups in total. The molecule has 220 valence electrons. The van der Waals surface area contributed by atoms with E-state index in [4.69, 9.17) is 4.74 Å². The maximum absolute atomic E-state index is 14.2. The van der Waals surface area contributed by atoms with Crippen LogP contribution in [0.5, 0.6) is 5.75 Å². The molecule has 0 saturated heterocycles. The van der Waals surface area contributed by atoms with E-state index >= 15 is 0 Å². The van der Waals surface area contributed by atoms with E-state index in [-0.39, 0.29) is 17.3 Å². The maximum Gasteiger partial charge on any atom is 0.264 e. The molecule has 0 spiro atoms. The first-order valence-corrected chi connectivity index (χ1v) is 15.1. The molecular weight excluding hydrogens is 538 g/mol. The summed E-state index contributed by atoms with van der Waals surface area (Å²) in [6.45, 7) is 10.8. The number of hydrogen-bond donors (Lipinski definition) is 1. The Hall–Kier alpha value is -3.85. The lowest BCUT2D eigenvalue weighted by atomic mass is 10.1. The Morgan fingerprint density at radius 3 is 2.15 bits per heavy atom. The number of sulfonamides is 1. The molecule has 1 atom stereocenters. The number of aryl methyl sites for hydroxylation is 2. The minimum Gasteiger partial charge on any atom is -0.497 e. The van der Waals surface area contributed by atoms with Crippen LogP contribution < -0.4 is 14.4 Å². The first kappa shape index (κ1) is 31.7. The van der Waals surface area contributed by atoms with Crippen molar-refractivity contribution >= 4 is 27.5 Å². The first-order chi connectivity index (χ1) is 19.3. The summed E-state index contributed by atoms with van der Waals surface area (Å²) >= 11 is 0. The summed E-state index contributed by atoms with van der Waals surface area (Å²) in [5, 5.41) is 2.98. The Kier molecular flexibility index (Phi) is 10.2. The lowest BCUT2D eigenvalue weighted by molar-refractivity contribution is -0.141. The fourth-order valence-electron chi connectivity index (χ4n) is 4.52. The highest BCUT2D eigenvalue weighted by molar-refractivity contribution is 7.92. The zero-order chi connectivity index (χ0) is 30.4. The van der Waals surface area contributed by atoms with E-state index in [1.165, 1.54) is 17.0 Å². The van der Waals surface area contributed by atoms with E-state index in [0.717, 1.165) is 15.4 Å². The molecule has 41 heavy (non-hydrogen) atoms. The highest BCUT2D eigenvalue weighted by Crippen LogP contribution is 2.29. The van der Waals surface area contributed by atoms with E-state index in [9.17, 15) is 18.0 Å². The molecule has 0 aliphatic rings. The van der Waals surface area contributed by atoms with Gasteiger partial charge in [0.05, 0.1) is 17.7 Å². The summed E-state index contributed by atoms with van der Waals surface area (Å²) in [4.78, 5) is 29.2. The predicted molar refractivity (Wildman–Crippen MR) is 162 cm³/mol. The van der Waals surface area contributed by atoms with Crippen LogP contribution in [0.15, 0.2) is 77.7 Å². The van der Waals surface area contributed by atoms with Crippen molar-refractivity contribution in [2.45, 2.75) is 71.0 Å². The molecule has 0 aliphatic heterocycles. The molecule has 0 aliphatic carbocycles. The van der Waals surface area contributed by atoms with E-state index in [1.807, 2.05) is 65.8 Å². The van der Waals surface area contributed by atoms with Gasteiger partial charge in [-0.1, -0.05) is 49.4 Å². The normalized spacial score (nSPS) is 12.4. The van der Waals surface area contributed by atoms with Crippen molar-refractivity contribution in [2.24, 2.45) is 0 Å². The molecule has 3 aromatic carbocycles. The lowest BCUT2D eigenvalue weighted by Crippen LogP contribution is -2.55. The fourth-order valence-corrected chi connectivity index (χ4v) is 6.01. The predicted octanol–water partition coefficient (Wildman–Crippen LogP) is 5.23. The Bertz CT molecular complexity index is 1450. The molecule has 3 aromatic rings. The molecule has 0 heterocycles. The molecule has 0 aromatic heterocycles. The minimum atomic E-state index is -4.12. The van der Waals surface area contributed by atoms with Gasteiger partial charge >= 0.3 is 0 Å². The minimum absolute atomic E-state index is 0.0768. The van der Waals surface area contributed by atoms with Crippen molar-refractivity contribution in [3.63, 3.8) is 0 Å². The van der Waals surface area contributed by atoms with Crippen molar-refractivity contribution in [1.82, 2.24) is 10.2 Å². The van der Waals surface area contributed by atoms with Crippen LogP contribution in [0.2, 0.25) is 0 Å². The molecule has 3 rings (SSSR count). The van der Waals surface area contributed by atoms with E-state index in [1.54, 1.807) is 43.5 Å². The number of anilines is 1. The van der Waals surface area contributed by atoms with Gasteiger partial charge in [0.2, 0.25) is 11.8 Å². The second-order valence-electron chi connectivity index (χ2n) is 11.1. The van der Waals surface area contributed by atoms with Crippen LogP contribution in [0.25, 0.3) is 0 Å². The summed E-state index contributed by atoms with van der Waals surface area (Å²) in [5.74, 6) is -0.123. The number of benzene rings is 3. The zero-order valence-electron chi connectivity index (χ0n) is 25.0. The van der Waals surface area contributed by atoms with Crippen LogP contribution >= 0.6 is 0 Å².